The van der Waals surface area contributed by atoms with Crippen molar-refractivity contribution < 1.29 is 4.79 Å². The van der Waals surface area contributed by atoms with Gasteiger partial charge < -0.3 is 5.32 Å². The van der Waals surface area contributed by atoms with Crippen molar-refractivity contribution >= 4 is 11.5 Å². The van der Waals surface area contributed by atoms with E-state index in [4.69, 9.17) is 0 Å². The summed E-state index contributed by atoms with van der Waals surface area (Å²) in [5, 5.41) is 2.98. The lowest BCUT2D eigenvalue weighted by Crippen LogP contribution is -1.92. The number of carbonyl (C=O) groups is 1. The van der Waals surface area contributed by atoms with Gasteiger partial charge in [0.25, 0.3) is 0 Å². The molecule has 1 aromatic carbocycles. The second kappa shape index (κ2) is 4.54. The smallest absolute Gasteiger partial charge is 0.159 e. The van der Waals surface area contributed by atoms with E-state index in [-0.39, 0.29) is 13.2 Å². The number of benzene rings is 1. The molecule has 0 heterocycles. The minimum Gasteiger partial charge on any atom is -0.388 e. The van der Waals surface area contributed by atoms with Crippen LogP contribution in [0.3, 0.4) is 0 Å². The normalized spacial score (nSPS) is 8.50. The largest absolute Gasteiger partial charge is 0.388 e. The molecule has 0 unspecified atom stereocenters. The predicted molar refractivity (Wildman–Crippen MR) is 52.7 cm³/mol. The Bertz CT molecular complexity index is 251. The molecule has 12 heavy (non-hydrogen) atoms. The van der Waals surface area contributed by atoms with Crippen molar-refractivity contribution in [3.05, 3.63) is 29.8 Å². The number of hydrogen-bond acceptors (Lipinski definition) is 2. The van der Waals surface area contributed by atoms with E-state index < -0.39 is 0 Å². The topological polar surface area (TPSA) is 29.1 Å². The van der Waals surface area contributed by atoms with Gasteiger partial charge in [-0.1, -0.05) is 7.43 Å². The Morgan fingerprint density at radius 1 is 1.25 bits per heavy atom. The summed E-state index contributed by atoms with van der Waals surface area (Å²) < 4.78 is 0. The summed E-state index contributed by atoms with van der Waals surface area (Å²) in [5.41, 5.74) is 1.78. The zero-order valence-corrected chi connectivity index (χ0v) is 6.72. The van der Waals surface area contributed by atoms with E-state index in [0.29, 0.717) is 0 Å². The van der Waals surface area contributed by atoms with Crippen molar-refractivity contribution in [1.82, 2.24) is 0 Å². The van der Waals surface area contributed by atoms with Gasteiger partial charge in [0.05, 0.1) is 0 Å². The van der Waals surface area contributed by atoms with Crippen molar-refractivity contribution in [1.29, 1.82) is 0 Å². The maximum atomic E-state index is 10.8. The van der Waals surface area contributed by atoms with Crippen molar-refractivity contribution in [2.24, 2.45) is 0 Å². The Morgan fingerprint density at radius 3 is 2.08 bits per heavy atom. The molecule has 0 aliphatic heterocycles. The summed E-state index contributed by atoms with van der Waals surface area (Å²) in [6.45, 7) is 1.56. The summed E-state index contributed by atoms with van der Waals surface area (Å²) in [6.07, 6.45) is 0. The monoisotopic (exact) mass is 165 g/mol. The number of anilines is 1. The molecule has 1 N–H and O–H groups in total. The molecule has 0 atom stereocenters. The highest BCUT2D eigenvalue weighted by Gasteiger charge is 1.96. The number of ketones is 1. The number of nitrogens with one attached hydrogen (secondary N) is 1. The Balaban J connectivity index is 0.00000121. The maximum Gasteiger partial charge on any atom is 0.159 e. The van der Waals surface area contributed by atoms with Gasteiger partial charge in [0.2, 0.25) is 0 Å². The summed E-state index contributed by atoms with van der Waals surface area (Å²) >= 11 is 0. The summed E-state index contributed by atoms with van der Waals surface area (Å²) in [7, 11) is 1.85. The van der Waals surface area contributed by atoms with Gasteiger partial charge in [-0.2, -0.15) is 0 Å². The number of carbonyl (C=O) groups excluding carboxylic acids is 1. The van der Waals surface area contributed by atoms with Gasteiger partial charge in [-0.05, 0) is 31.2 Å². The fourth-order valence-corrected chi connectivity index (χ4v) is 0.872. The zero-order chi connectivity index (χ0) is 8.27. The maximum absolute atomic E-state index is 10.8. The molecule has 0 aliphatic rings. The van der Waals surface area contributed by atoms with Gasteiger partial charge in [-0.15, -0.1) is 0 Å². The second-order valence-corrected chi connectivity index (χ2v) is 2.38. The fourth-order valence-electron chi connectivity index (χ4n) is 0.872. The van der Waals surface area contributed by atoms with E-state index in [9.17, 15) is 4.79 Å². The molecule has 2 heteroatoms. The lowest BCUT2D eigenvalue weighted by molar-refractivity contribution is 0.101. The first-order valence-electron chi connectivity index (χ1n) is 3.53. The van der Waals surface area contributed by atoms with Crippen LogP contribution in [0.4, 0.5) is 5.69 Å². The highest BCUT2D eigenvalue weighted by atomic mass is 16.1. The molecule has 2 nitrogen and oxygen atoms in total. The average Bonchev–Trinajstić information content (AvgIpc) is 2.05. The molecule has 0 fully saturated rings. The number of hydrogen-bond donors (Lipinski definition) is 1. The van der Waals surface area contributed by atoms with Crippen LogP contribution >= 0.6 is 0 Å². The fraction of sp³-hybridized carbons (Fsp3) is 0.300. The van der Waals surface area contributed by atoms with Crippen LogP contribution < -0.4 is 5.32 Å². The number of rotatable bonds is 2. The Kier molecular flexibility index (Phi) is 4.05. The standard InChI is InChI=1S/C9H11NO.CH4/c1-7(11)8-3-5-9(10-2)6-4-8;/h3-6,10H,1-2H3;1H4. The van der Waals surface area contributed by atoms with Gasteiger partial charge in [0.15, 0.2) is 5.78 Å². The highest BCUT2D eigenvalue weighted by molar-refractivity contribution is 5.94. The van der Waals surface area contributed by atoms with Gasteiger partial charge >= 0.3 is 0 Å². The predicted octanol–water partition coefficient (Wildman–Crippen LogP) is 2.57. The van der Waals surface area contributed by atoms with Gasteiger partial charge in [0, 0.05) is 18.3 Å². The molecule has 1 aromatic rings. The molecule has 66 valence electrons. The molecule has 0 saturated heterocycles. The first kappa shape index (κ1) is 10.7. The molecular formula is C10H15NO. The van der Waals surface area contributed by atoms with Crippen LogP contribution in [-0.2, 0) is 0 Å². The molecule has 1 rings (SSSR count). The summed E-state index contributed by atoms with van der Waals surface area (Å²) in [5.74, 6) is 0.104. The Labute approximate surface area is 73.6 Å². The molecule has 0 amide bonds. The summed E-state index contributed by atoms with van der Waals surface area (Å²) in [6, 6.07) is 7.40. The van der Waals surface area contributed by atoms with E-state index in [2.05, 4.69) is 5.32 Å². The van der Waals surface area contributed by atoms with Crippen LogP contribution in [0, 0.1) is 0 Å². The van der Waals surface area contributed by atoms with Crippen LogP contribution in [0.2, 0.25) is 0 Å². The van der Waals surface area contributed by atoms with Gasteiger partial charge in [-0.25, -0.2) is 0 Å². The third-order valence-electron chi connectivity index (χ3n) is 1.58. The van der Waals surface area contributed by atoms with E-state index in [0.717, 1.165) is 11.3 Å². The third-order valence-corrected chi connectivity index (χ3v) is 1.58. The minimum atomic E-state index is 0. The minimum absolute atomic E-state index is 0. The van der Waals surface area contributed by atoms with E-state index in [1.54, 1.807) is 6.92 Å². The molecule has 0 bridgehead atoms. The average molecular weight is 165 g/mol. The quantitative estimate of drug-likeness (QED) is 0.682. The van der Waals surface area contributed by atoms with Crippen LogP contribution in [0.25, 0.3) is 0 Å². The van der Waals surface area contributed by atoms with E-state index in [1.807, 2.05) is 31.3 Å². The van der Waals surface area contributed by atoms with Crippen LogP contribution in [0.15, 0.2) is 24.3 Å². The van der Waals surface area contributed by atoms with Crippen molar-refractivity contribution in [2.75, 3.05) is 12.4 Å². The van der Waals surface area contributed by atoms with Crippen LogP contribution in [0.5, 0.6) is 0 Å². The summed E-state index contributed by atoms with van der Waals surface area (Å²) in [4.78, 5) is 10.8. The Morgan fingerprint density at radius 2 is 1.75 bits per heavy atom. The lowest BCUT2D eigenvalue weighted by Gasteiger charge is -1.99. The van der Waals surface area contributed by atoms with Crippen LogP contribution in [0.1, 0.15) is 24.7 Å². The van der Waals surface area contributed by atoms with Crippen molar-refractivity contribution in [2.45, 2.75) is 14.4 Å². The van der Waals surface area contributed by atoms with Crippen molar-refractivity contribution in [3.8, 4) is 0 Å². The van der Waals surface area contributed by atoms with Crippen molar-refractivity contribution in [3.63, 3.8) is 0 Å². The molecule has 0 radical (unpaired) electrons. The second-order valence-electron chi connectivity index (χ2n) is 2.38. The molecule has 0 aromatic heterocycles. The lowest BCUT2D eigenvalue weighted by atomic mass is 10.1. The Hall–Kier alpha value is -1.31. The first-order chi connectivity index (χ1) is 5.24. The SMILES string of the molecule is C.CNc1ccc(C(C)=O)cc1. The van der Waals surface area contributed by atoms with Gasteiger partial charge in [-0.3, -0.25) is 4.79 Å². The first-order valence-corrected chi connectivity index (χ1v) is 3.53. The van der Waals surface area contributed by atoms with Crippen LogP contribution in [-0.4, -0.2) is 12.8 Å². The molecule has 0 saturated carbocycles. The molecule has 0 aliphatic carbocycles. The van der Waals surface area contributed by atoms with E-state index in [1.165, 1.54) is 0 Å². The highest BCUT2D eigenvalue weighted by Crippen LogP contribution is 2.08. The van der Waals surface area contributed by atoms with E-state index >= 15 is 0 Å². The molecular weight excluding hydrogens is 150 g/mol. The molecule has 0 spiro atoms. The van der Waals surface area contributed by atoms with Gasteiger partial charge in [0.1, 0.15) is 0 Å². The zero-order valence-electron chi connectivity index (χ0n) is 6.72. The number of Topliss-reactive ketones (excluding diaryl/α,β-unsaturated/α-hetero) is 1. The third kappa shape index (κ3) is 2.38.